The third-order valence-corrected chi connectivity index (χ3v) is 3.94. The number of aromatic nitrogens is 2. The van der Waals surface area contributed by atoms with Crippen LogP contribution in [-0.4, -0.2) is 28.3 Å². The van der Waals surface area contributed by atoms with Crippen LogP contribution < -0.4 is 5.32 Å². The summed E-state index contributed by atoms with van der Waals surface area (Å²) in [4.78, 5) is 33.0. The fourth-order valence-electron chi connectivity index (χ4n) is 2.62. The smallest absolute Gasteiger partial charge is 0.344 e. The molecule has 1 aromatic carbocycles. The normalized spacial score (nSPS) is 10.8. The van der Waals surface area contributed by atoms with E-state index in [0.717, 1.165) is 0 Å². The molecule has 26 heavy (non-hydrogen) atoms. The molecule has 0 aliphatic rings. The Morgan fingerprint density at radius 2 is 1.85 bits per heavy atom. The number of carbonyl (C=O) groups excluding carboxylic acids is 2. The lowest BCUT2D eigenvalue weighted by Gasteiger charge is -2.08. The van der Waals surface area contributed by atoms with E-state index in [9.17, 15) is 9.59 Å². The van der Waals surface area contributed by atoms with Crippen molar-refractivity contribution in [2.45, 2.75) is 20.8 Å². The number of fused-ring (bicyclic) bond motifs is 1. The van der Waals surface area contributed by atoms with Crippen LogP contribution in [-0.2, 0) is 4.74 Å². The Bertz CT molecular complexity index is 1010. The summed E-state index contributed by atoms with van der Waals surface area (Å²) in [6.45, 7) is 4.79. The van der Waals surface area contributed by atoms with E-state index in [-0.39, 0.29) is 40.4 Å². The van der Waals surface area contributed by atoms with Crippen molar-refractivity contribution in [3.8, 4) is 0 Å². The number of aryl methyl sites for hydroxylation is 1. The van der Waals surface area contributed by atoms with E-state index in [1.165, 1.54) is 6.92 Å². The van der Waals surface area contributed by atoms with Crippen molar-refractivity contribution < 1.29 is 18.7 Å². The topological polar surface area (TPSA) is 94.3 Å². The first-order valence-electron chi connectivity index (χ1n) is 7.93. The molecule has 0 radical (unpaired) electrons. The molecule has 0 amide bonds. The number of ketones is 1. The van der Waals surface area contributed by atoms with Gasteiger partial charge in [-0.05, 0) is 32.9 Å². The zero-order valence-corrected chi connectivity index (χ0v) is 15.2. The van der Waals surface area contributed by atoms with Gasteiger partial charge in [0.2, 0.25) is 5.88 Å². The Labute approximate surface area is 154 Å². The van der Waals surface area contributed by atoms with Crippen LogP contribution in [0.15, 0.2) is 28.7 Å². The molecule has 8 heteroatoms. The number of ether oxygens (including phenoxy) is 1. The molecule has 3 aromatic rings. The minimum Gasteiger partial charge on any atom is -0.462 e. The molecule has 0 fully saturated rings. The van der Waals surface area contributed by atoms with Crippen LogP contribution in [0.4, 0.5) is 11.7 Å². The maximum atomic E-state index is 12.3. The molecule has 0 aliphatic heterocycles. The molecule has 0 aliphatic carbocycles. The van der Waals surface area contributed by atoms with Crippen molar-refractivity contribution >= 4 is 46.1 Å². The first kappa shape index (κ1) is 17.9. The highest BCUT2D eigenvalue weighted by molar-refractivity contribution is 6.32. The van der Waals surface area contributed by atoms with E-state index in [4.69, 9.17) is 20.8 Å². The van der Waals surface area contributed by atoms with Crippen molar-refractivity contribution in [2.24, 2.45) is 0 Å². The molecule has 1 N–H and O–H groups in total. The zero-order chi connectivity index (χ0) is 18.8. The van der Waals surface area contributed by atoms with Gasteiger partial charge in [0.15, 0.2) is 16.8 Å². The maximum Gasteiger partial charge on any atom is 0.344 e. The van der Waals surface area contributed by atoms with Crippen molar-refractivity contribution in [2.75, 3.05) is 11.9 Å². The fourth-order valence-corrected chi connectivity index (χ4v) is 2.80. The third kappa shape index (κ3) is 3.25. The summed E-state index contributed by atoms with van der Waals surface area (Å²) in [6.07, 6.45) is 0. The lowest BCUT2D eigenvalue weighted by atomic mass is 10.1. The fraction of sp³-hybridized carbons (Fsp3) is 0.222. The first-order valence-corrected chi connectivity index (χ1v) is 8.31. The van der Waals surface area contributed by atoms with Gasteiger partial charge < -0.3 is 14.5 Å². The number of benzene rings is 1. The van der Waals surface area contributed by atoms with Crippen LogP contribution >= 0.6 is 11.6 Å². The van der Waals surface area contributed by atoms with Gasteiger partial charge in [0.05, 0.1) is 23.2 Å². The predicted molar refractivity (Wildman–Crippen MR) is 97.2 cm³/mol. The van der Waals surface area contributed by atoms with Crippen LogP contribution in [0.1, 0.15) is 40.3 Å². The van der Waals surface area contributed by atoms with Gasteiger partial charge >= 0.3 is 5.97 Å². The molecule has 0 saturated heterocycles. The standard InChI is InChI=1S/C18H16ClN3O4/c1-4-25-18(24)14-13(9(2)23)10(3)26-17(14)22-16-15(19)20-11-7-5-6-8-12(11)21-16/h5-8H,4H2,1-3H3,(H,21,22). The Morgan fingerprint density at radius 1 is 1.19 bits per heavy atom. The molecule has 2 aromatic heterocycles. The van der Waals surface area contributed by atoms with Crippen LogP contribution in [0.5, 0.6) is 0 Å². The highest BCUT2D eigenvalue weighted by Crippen LogP contribution is 2.32. The molecule has 0 bridgehead atoms. The number of hydrogen-bond donors (Lipinski definition) is 1. The Kier molecular flexibility index (Phi) is 4.90. The summed E-state index contributed by atoms with van der Waals surface area (Å²) in [5, 5.41) is 2.97. The molecular weight excluding hydrogens is 358 g/mol. The van der Waals surface area contributed by atoms with E-state index < -0.39 is 5.97 Å². The molecule has 134 valence electrons. The average Bonchev–Trinajstić information content (AvgIpc) is 2.92. The summed E-state index contributed by atoms with van der Waals surface area (Å²) < 4.78 is 10.6. The number of rotatable bonds is 5. The van der Waals surface area contributed by atoms with Gasteiger partial charge in [0.25, 0.3) is 0 Å². The number of furan rings is 1. The molecule has 0 atom stereocenters. The minimum atomic E-state index is -0.665. The number of halogens is 1. The largest absolute Gasteiger partial charge is 0.462 e. The van der Waals surface area contributed by atoms with Crippen LogP contribution in [0, 0.1) is 6.92 Å². The Hall–Kier alpha value is -2.93. The molecule has 0 unspecified atom stereocenters. The second kappa shape index (κ2) is 7.13. The summed E-state index contributed by atoms with van der Waals surface area (Å²) in [5.41, 5.74) is 1.43. The number of para-hydroxylation sites is 2. The number of Topliss-reactive ketones (excluding diaryl/α,β-unsaturated/α-hetero) is 1. The second-order valence-corrected chi connectivity index (χ2v) is 5.85. The van der Waals surface area contributed by atoms with Gasteiger partial charge in [-0.15, -0.1) is 0 Å². The van der Waals surface area contributed by atoms with E-state index in [1.807, 2.05) is 12.1 Å². The van der Waals surface area contributed by atoms with E-state index >= 15 is 0 Å². The quantitative estimate of drug-likeness (QED) is 0.526. The van der Waals surface area contributed by atoms with Crippen LogP contribution in [0.25, 0.3) is 11.0 Å². The lowest BCUT2D eigenvalue weighted by Crippen LogP contribution is -2.11. The monoisotopic (exact) mass is 373 g/mol. The van der Waals surface area contributed by atoms with Crippen molar-refractivity contribution in [3.05, 3.63) is 46.3 Å². The Morgan fingerprint density at radius 3 is 2.46 bits per heavy atom. The summed E-state index contributed by atoms with van der Waals surface area (Å²) in [6, 6.07) is 7.22. The highest BCUT2D eigenvalue weighted by atomic mass is 35.5. The number of esters is 1. The number of nitrogens with zero attached hydrogens (tertiary/aromatic N) is 2. The SMILES string of the molecule is CCOC(=O)c1c(Nc2nc3ccccc3nc2Cl)oc(C)c1C(C)=O. The first-order chi connectivity index (χ1) is 12.4. The summed E-state index contributed by atoms with van der Waals surface area (Å²) in [7, 11) is 0. The van der Waals surface area contributed by atoms with Gasteiger partial charge in [-0.2, -0.15) is 0 Å². The predicted octanol–water partition coefficient (Wildman–Crippen LogP) is 4.31. The van der Waals surface area contributed by atoms with Crippen molar-refractivity contribution in [1.82, 2.24) is 9.97 Å². The molecule has 2 heterocycles. The number of nitrogens with one attached hydrogen (secondary N) is 1. The second-order valence-electron chi connectivity index (χ2n) is 5.49. The molecule has 0 spiro atoms. The Balaban J connectivity index is 2.10. The number of carbonyl (C=O) groups is 2. The van der Waals surface area contributed by atoms with E-state index in [1.54, 1.807) is 26.0 Å². The molecular formula is C18H16ClN3O4. The molecule has 7 nitrogen and oxygen atoms in total. The average molecular weight is 374 g/mol. The summed E-state index contributed by atoms with van der Waals surface area (Å²) >= 11 is 6.19. The van der Waals surface area contributed by atoms with Crippen LogP contribution in [0.3, 0.4) is 0 Å². The lowest BCUT2D eigenvalue weighted by molar-refractivity contribution is 0.0524. The highest BCUT2D eigenvalue weighted by Gasteiger charge is 2.28. The number of anilines is 2. The van der Waals surface area contributed by atoms with Gasteiger partial charge in [-0.1, -0.05) is 23.7 Å². The van der Waals surface area contributed by atoms with E-state index in [2.05, 4.69) is 15.3 Å². The van der Waals surface area contributed by atoms with Gasteiger partial charge in [-0.3, -0.25) is 4.79 Å². The summed E-state index contributed by atoms with van der Waals surface area (Å²) in [5.74, 6) is -0.426. The zero-order valence-electron chi connectivity index (χ0n) is 14.4. The van der Waals surface area contributed by atoms with Gasteiger partial charge in [-0.25, -0.2) is 14.8 Å². The minimum absolute atomic E-state index is 0.0166. The molecule has 3 rings (SSSR count). The third-order valence-electron chi connectivity index (χ3n) is 3.68. The number of hydrogen-bond acceptors (Lipinski definition) is 7. The van der Waals surface area contributed by atoms with Crippen molar-refractivity contribution in [1.29, 1.82) is 0 Å². The van der Waals surface area contributed by atoms with Crippen molar-refractivity contribution in [3.63, 3.8) is 0 Å². The van der Waals surface area contributed by atoms with Crippen LogP contribution in [0.2, 0.25) is 5.15 Å². The van der Waals surface area contributed by atoms with E-state index in [0.29, 0.717) is 16.8 Å². The van der Waals surface area contributed by atoms with Gasteiger partial charge in [0, 0.05) is 0 Å². The maximum absolute atomic E-state index is 12.3. The van der Waals surface area contributed by atoms with Gasteiger partial charge in [0.1, 0.15) is 11.3 Å². The molecule has 0 saturated carbocycles.